The standard InChI is InChI=1S/C13H15NO/c1-9-8-10(2)13(15)14-12(9)11-6-4-3-5-7-11/h3-7,10H,8H2,1-2H3,(H,14,15). The summed E-state index contributed by atoms with van der Waals surface area (Å²) in [4.78, 5) is 11.6. The predicted octanol–water partition coefficient (Wildman–Crippen LogP) is 2.57. The maximum Gasteiger partial charge on any atom is 0.227 e. The van der Waals surface area contributed by atoms with E-state index in [9.17, 15) is 4.79 Å². The lowest BCUT2D eigenvalue weighted by Crippen LogP contribution is -2.32. The molecule has 2 nitrogen and oxygen atoms in total. The molecule has 1 unspecified atom stereocenters. The quantitative estimate of drug-likeness (QED) is 0.743. The van der Waals surface area contributed by atoms with Crippen LogP contribution in [0.2, 0.25) is 0 Å². The van der Waals surface area contributed by atoms with E-state index >= 15 is 0 Å². The second-order valence-electron chi connectivity index (χ2n) is 4.12. The van der Waals surface area contributed by atoms with Crippen LogP contribution in [0.3, 0.4) is 0 Å². The minimum atomic E-state index is 0.0949. The zero-order valence-electron chi connectivity index (χ0n) is 9.08. The molecule has 0 saturated carbocycles. The fourth-order valence-corrected chi connectivity index (χ4v) is 1.93. The van der Waals surface area contributed by atoms with Gasteiger partial charge in [0.25, 0.3) is 0 Å². The molecule has 1 aromatic carbocycles. The normalized spacial score (nSPS) is 21.5. The summed E-state index contributed by atoms with van der Waals surface area (Å²) in [6.45, 7) is 4.04. The lowest BCUT2D eigenvalue weighted by Gasteiger charge is -2.23. The Hall–Kier alpha value is -1.57. The number of amides is 1. The van der Waals surface area contributed by atoms with Crippen LogP contribution in [0.4, 0.5) is 0 Å². The van der Waals surface area contributed by atoms with Crippen molar-refractivity contribution in [3.05, 3.63) is 41.5 Å². The molecule has 0 radical (unpaired) electrons. The van der Waals surface area contributed by atoms with E-state index in [1.807, 2.05) is 37.3 Å². The van der Waals surface area contributed by atoms with Gasteiger partial charge in [0.1, 0.15) is 0 Å². The largest absolute Gasteiger partial charge is 0.325 e. The topological polar surface area (TPSA) is 29.1 Å². The highest BCUT2D eigenvalue weighted by atomic mass is 16.1. The molecule has 78 valence electrons. The van der Waals surface area contributed by atoms with Crippen LogP contribution in [-0.2, 0) is 4.79 Å². The first-order chi connectivity index (χ1) is 7.18. The molecule has 0 bridgehead atoms. The van der Waals surface area contributed by atoms with E-state index in [2.05, 4.69) is 12.2 Å². The maximum absolute atomic E-state index is 11.6. The highest BCUT2D eigenvalue weighted by Gasteiger charge is 2.22. The Bertz CT molecular complexity index is 406. The molecule has 0 aliphatic carbocycles. The van der Waals surface area contributed by atoms with Crippen LogP contribution in [0.15, 0.2) is 35.9 Å². The van der Waals surface area contributed by atoms with Crippen LogP contribution in [-0.4, -0.2) is 5.91 Å². The number of allylic oxidation sites excluding steroid dienone is 1. The van der Waals surface area contributed by atoms with Crippen molar-refractivity contribution in [2.45, 2.75) is 20.3 Å². The molecule has 1 N–H and O–H groups in total. The minimum Gasteiger partial charge on any atom is -0.325 e. The molecule has 0 aromatic heterocycles. The van der Waals surface area contributed by atoms with E-state index in [0.29, 0.717) is 0 Å². The van der Waals surface area contributed by atoms with E-state index in [4.69, 9.17) is 0 Å². The molecule has 1 amide bonds. The zero-order valence-corrected chi connectivity index (χ0v) is 9.08. The Kier molecular flexibility index (Phi) is 2.58. The van der Waals surface area contributed by atoms with Crippen LogP contribution in [0, 0.1) is 5.92 Å². The summed E-state index contributed by atoms with van der Waals surface area (Å²) in [5.74, 6) is 0.219. The molecule has 0 saturated heterocycles. The smallest absolute Gasteiger partial charge is 0.227 e. The fourth-order valence-electron chi connectivity index (χ4n) is 1.93. The van der Waals surface area contributed by atoms with E-state index in [0.717, 1.165) is 17.7 Å². The fraction of sp³-hybridized carbons (Fsp3) is 0.308. The van der Waals surface area contributed by atoms with Gasteiger partial charge in [-0.1, -0.05) is 37.3 Å². The van der Waals surface area contributed by atoms with E-state index in [-0.39, 0.29) is 11.8 Å². The Morgan fingerprint density at radius 2 is 1.93 bits per heavy atom. The Balaban J connectivity index is 2.37. The zero-order chi connectivity index (χ0) is 10.8. The van der Waals surface area contributed by atoms with Crippen molar-refractivity contribution in [3.8, 4) is 0 Å². The molecule has 1 heterocycles. The number of carbonyl (C=O) groups excluding carboxylic acids is 1. The van der Waals surface area contributed by atoms with Gasteiger partial charge in [-0.15, -0.1) is 0 Å². The van der Waals surface area contributed by atoms with Gasteiger partial charge < -0.3 is 5.32 Å². The number of nitrogens with one attached hydrogen (secondary N) is 1. The molecule has 1 aliphatic heterocycles. The van der Waals surface area contributed by atoms with Gasteiger partial charge in [-0.3, -0.25) is 4.79 Å². The van der Waals surface area contributed by atoms with Crippen molar-refractivity contribution in [2.24, 2.45) is 5.92 Å². The van der Waals surface area contributed by atoms with Crippen LogP contribution < -0.4 is 5.32 Å². The van der Waals surface area contributed by atoms with Gasteiger partial charge >= 0.3 is 0 Å². The summed E-state index contributed by atoms with van der Waals surface area (Å²) < 4.78 is 0. The molecule has 2 rings (SSSR count). The highest BCUT2D eigenvalue weighted by Crippen LogP contribution is 2.25. The van der Waals surface area contributed by atoms with Crippen molar-refractivity contribution in [1.29, 1.82) is 0 Å². The summed E-state index contributed by atoms with van der Waals surface area (Å²) in [6.07, 6.45) is 0.857. The van der Waals surface area contributed by atoms with Gasteiger partial charge in [0.05, 0.1) is 0 Å². The predicted molar refractivity (Wildman–Crippen MR) is 61.0 cm³/mol. The summed E-state index contributed by atoms with van der Waals surface area (Å²) in [7, 11) is 0. The van der Waals surface area contributed by atoms with Gasteiger partial charge in [0.15, 0.2) is 0 Å². The minimum absolute atomic E-state index is 0.0949. The Morgan fingerprint density at radius 3 is 2.60 bits per heavy atom. The number of carbonyl (C=O) groups is 1. The Labute approximate surface area is 90.0 Å². The molecule has 2 heteroatoms. The van der Waals surface area contributed by atoms with E-state index < -0.39 is 0 Å². The van der Waals surface area contributed by atoms with Gasteiger partial charge in [0.2, 0.25) is 5.91 Å². The SMILES string of the molecule is CC1=C(c2ccccc2)NC(=O)C(C)C1. The van der Waals surface area contributed by atoms with E-state index in [1.165, 1.54) is 5.57 Å². The summed E-state index contributed by atoms with van der Waals surface area (Å²) in [5.41, 5.74) is 3.34. The van der Waals surface area contributed by atoms with Crippen LogP contribution in [0.1, 0.15) is 25.8 Å². The first-order valence-electron chi connectivity index (χ1n) is 5.24. The third-order valence-electron chi connectivity index (χ3n) is 2.80. The summed E-state index contributed by atoms with van der Waals surface area (Å²) in [6, 6.07) is 10.00. The average Bonchev–Trinajstić information content (AvgIpc) is 2.25. The number of hydrogen-bond acceptors (Lipinski definition) is 1. The van der Waals surface area contributed by atoms with Crippen molar-refractivity contribution < 1.29 is 4.79 Å². The van der Waals surface area contributed by atoms with Crippen molar-refractivity contribution in [1.82, 2.24) is 5.32 Å². The second-order valence-corrected chi connectivity index (χ2v) is 4.12. The lowest BCUT2D eigenvalue weighted by molar-refractivity contribution is -0.123. The molecule has 0 spiro atoms. The highest BCUT2D eigenvalue weighted by molar-refractivity contribution is 5.91. The third kappa shape index (κ3) is 1.94. The van der Waals surface area contributed by atoms with Crippen LogP contribution in [0.25, 0.3) is 5.70 Å². The van der Waals surface area contributed by atoms with Crippen molar-refractivity contribution >= 4 is 11.6 Å². The molecule has 1 aromatic rings. The van der Waals surface area contributed by atoms with Crippen molar-refractivity contribution in [3.63, 3.8) is 0 Å². The first kappa shape index (κ1) is 9.97. The van der Waals surface area contributed by atoms with Crippen molar-refractivity contribution in [2.75, 3.05) is 0 Å². The maximum atomic E-state index is 11.6. The van der Waals surface area contributed by atoms with Gasteiger partial charge in [-0.25, -0.2) is 0 Å². The van der Waals surface area contributed by atoms with Gasteiger partial charge in [-0.2, -0.15) is 0 Å². The number of benzene rings is 1. The number of rotatable bonds is 1. The molecular weight excluding hydrogens is 186 g/mol. The lowest BCUT2D eigenvalue weighted by atomic mass is 9.93. The molecule has 15 heavy (non-hydrogen) atoms. The summed E-state index contributed by atoms with van der Waals surface area (Å²) in [5, 5.41) is 2.97. The third-order valence-corrected chi connectivity index (χ3v) is 2.80. The number of hydrogen-bond donors (Lipinski definition) is 1. The first-order valence-corrected chi connectivity index (χ1v) is 5.24. The Morgan fingerprint density at radius 1 is 1.27 bits per heavy atom. The molecule has 1 atom stereocenters. The van der Waals surface area contributed by atoms with Crippen LogP contribution >= 0.6 is 0 Å². The van der Waals surface area contributed by atoms with Gasteiger partial charge in [-0.05, 0) is 24.5 Å². The summed E-state index contributed by atoms with van der Waals surface area (Å²) >= 11 is 0. The second kappa shape index (κ2) is 3.89. The van der Waals surface area contributed by atoms with Gasteiger partial charge in [0, 0.05) is 11.6 Å². The molecule has 0 fully saturated rings. The monoisotopic (exact) mass is 201 g/mol. The molecular formula is C13H15NO. The van der Waals surface area contributed by atoms with Crippen LogP contribution in [0.5, 0.6) is 0 Å². The van der Waals surface area contributed by atoms with E-state index in [1.54, 1.807) is 0 Å². The average molecular weight is 201 g/mol. The molecule has 1 aliphatic rings.